The van der Waals surface area contributed by atoms with Crippen molar-refractivity contribution in [2.75, 3.05) is 26.4 Å². The van der Waals surface area contributed by atoms with Crippen molar-refractivity contribution in [3.63, 3.8) is 0 Å². The van der Waals surface area contributed by atoms with Gasteiger partial charge in [-0.1, -0.05) is 57.4 Å². The molecule has 6 nitrogen and oxygen atoms in total. The van der Waals surface area contributed by atoms with Gasteiger partial charge < -0.3 is 18.9 Å². The van der Waals surface area contributed by atoms with Gasteiger partial charge in [-0.05, 0) is 37.1 Å². The molecule has 186 valence electrons. The zero-order chi connectivity index (χ0) is 25.4. The SMILES string of the molecule is C=CC(=O)OCCCOc1ccc(C(C)(C)C(C=CC(C)OCCCOC(=O)C=C)=CC)cc1. The van der Waals surface area contributed by atoms with Gasteiger partial charge in [-0.15, -0.1) is 0 Å². The van der Waals surface area contributed by atoms with Crippen molar-refractivity contribution in [3.8, 4) is 5.75 Å². The molecule has 0 aliphatic carbocycles. The van der Waals surface area contributed by atoms with Crippen LogP contribution < -0.4 is 4.74 Å². The summed E-state index contributed by atoms with van der Waals surface area (Å²) in [4.78, 5) is 22.1. The van der Waals surface area contributed by atoms with Gasteiger partial charge >= 0.3 is 11.9 Å². The zero-order valence-electron chi connectivity index (χ0n) is 20.9. The van der Waals surface area contributed by atoms with E-state index in [1.807, 2.05) is 32.1 Å². The molecule has 0 aliphatic rings. The number of rotatable bonds is 16. The van der Waals surface area contributed by atoms with Gasteiger partial charge in [-0.3, -0.25) is 0 Å². The van der Waals surface area contributed by atoms with Gasteiger partial charge in [0.05, 0.1) is 32.5 Å². The quantitative estimate of drug-likeness (QED) is 0.138. The molecule has 0 N–H and O–H groups in total. The molecule has 0 spiro atoms. The first-order chi connectivity index (χ1) is 16.2. The van der Waals surface area contributed by atoms with Gasteiger partial charge in [0.15, 0.2) is 0 Å². The second-order valence-corrected chi connectivity index (χ2v) is 8.13. The molecular weight excluding hydrogens is 432 g/mol. The molecule has 1 aromatic carbocycles. The van der Waals surface area contributed by atoms with Crippen molar-refractivity contribution >= 4 is 11.9 Å². The molecule has 34 heavy (non-hydrogen) atoms. The standard InChI is InChI=1S/C28H38O6/c1-7-23(13-12-22(4)31-18-10-20-33-26(29)8-2)28(5,6)24-14-16-25(17-15-24)32-19-11-21-34-27(30)9-3/h7-9,12-17,22H,2-3,10-11,18-21H2,1,4-6H3. The van der Waals surface area contributed by atoms with E-state index in [-0.39, 0.29) is 11.5 Å². The van der Waals surface area contributed by atoms with Crippen molar-refractivity contribution in [1.82, 2.24) is 0 Å². The molecule has 0 saturated heterocycles. The predicted molar refractivity (Wildman–Crippen MR) is 135 cm³/mol. The molecule has 0 saturated carbocycles. The Morgan fingerprint density at radius 1 is 0.941 bits per heavy atom. The fraction of sp³-hybridized carbons (Fsp3) is 0.429. The Kier molecular flexibility index (Phi) is 13.3. The number of benzene rings is 1. The first-order valence-electron chi connectivity index (χ1n) is 11.5. The fourth-order valence-corrected chi connectivity index (χ4v) is 3.14. The van der Waals surface area contributed by atoms with Crippen LogP contribution in [0.15, 0.2) is 73.4 Å². The summed E-state index contributed by atoms with van der Waals surface area (Å²) in [6, 6.07) is 8.03. The highest BCUT2D eigenvalue weighted by Crippen LogP contribution is 2.33. The lowest BCUT2D eigenvalue weighted by Gasteiger charge is -2.27. The van der Waals surface area contributed by atoms with Crippen LogP contribution in [0.1, 0.15) is 46.1 Å². The first-order valence-corrected chi connectivity index (χ1v) is 11.5. The van der Waals surface area contributed by atoms with Crippen LogP contribution in [0.2, 0.25) is 0 Å². The Morgan fingerprint density at radius 3 is 2.03 bits per heavy atom. The minimum absolute atomic E-state index is 0.0672. The number of ether oxygens (including phenoxy) is 4. The lowest BCUT2D eigenvalue weighted by molar-refractivity contribution is -0.139. The summed E-state index contributed by atoms with van der Waals surface area (Å²) in [6.45, 7) is 16.7. The lowest BCUT2D eigenvalue weighted by Crippen LogP contribution is -2.19. The average molecular weight is 471 g/mol. The van der Waals surface area contributed by atoms with Gasteiger partial charge in [0.1, 0.15) is 5.75 Å². The van der Waals surface area contributed by atoms with Crippen molar-refractivity contribution in [2.24, 2.45) is 0 Å². The summed E-state index contributed by atoms with van der Waals surface area (Å²) >= 11 is 0. The molecule has 0 radical (unpaired) electrons. The van der Waals surface area contributed by atoms with Gasteiger partial charge in [-0.2, -0.15) is 0 Å². The second kappa shape index (κ2) is 15.7. The molecule has 0 amide bonds. The van der Waals surface area contributed by atoms with Crippen LogP contribution in [0.4, 0.5) is 0 Å². The number of carbonyl (C=O) groups excluding carboxylic acids is 2. The predicted octanol–water partition coefficient (Wildman–Crippen LogP) is 5.49. The highest BCUT2D eigenvalue weighted by Gasteiger charge is 2.23. The summed E-state index contributed by atoms with van der Waals surface area (Å²) in [5, 5.41) is 0. The maximum atomic E-state index is 11.0. The molecule has 6 heteroatoms. The van der Waals surface area contributed by atoms with Crippen LogP contribution in [0.25, 0.3) is 0 Å². The third-order valence-electron chi connectivity index (χ3n) is 5.20. The topological polar surface area (TPSA) is 71.1 Å². The van der Waals surface area contributed by atoms with Crippen LogP contribution in [0.3, 0.4) is 0 Å². The monoisotopic (exact) mass is 470 g/mol. The summed E-state index contributed by atoms with van der Waals surface area (Å²) in [6.07, 6.45) is 9.71. The fourth-order valence-electron chi connectivity index (χ4n) is 3.14. The Hall–Kier alpha value is -3.12. The molecule has 0 fully saturated rings. The van der Waals surface area contributed by atoms with E-state index in [2.05, 4.69) is 51.3 Å². The molecule has 0 aliphatic heterocycles. The molecular formula is C28H38O6. The molecule has 0 bridgehead atoms. The third kappa shape index (κ3) is 10.7. The minimum Gasteiger partial charge on any atom is -0.493 e. The Labute approximate surface area is 203 Å². The highest BCUT2D eigenvalue weighted by atomic mass is 16.5. The number of carbonyl (C=O) groups is 2. The zero-order valence-corrected chi connectivity index (χ0v) is 20.9. The van der Waals surface area contributed by atoms with Crippen LogP contribution in [-0.4, -0.2) is 44.5 Å². The van der Waals surface area contributed by atoms with Crippen LogP contribution >= 0.6 is 0 Å². The molecule has 0 aromatic heterocycles. The molecule has 1 atom stereocenters. The molecule has 1 unspecified atom stereocenters. The van der Waals surface area contributed by atoms with E-state index < -0.39 is 11.9 Å². The van der Waals surface area contributed by atoms with Gasteiger partial charge in [0.2, 0.25) is 0 Å². The van der Waals surface area contributed by atoms with Gasteiger partial charge in [0, 0.05) is 30.4 Å². The minimum atomic E-state index is -0.423. The lowest BCUT2D eigenvalue weighted by atomic mass is 9.77. The molecule has 1 aromatic rings. The Bertz CT molecular complexity index is 848. The van der Waals surface area contributed by atoms with Crippen LogP contribution in [0.5, 0.6) is 5.75 Å². The highest BCUT2D eigenvalue weighted by molar-refractivity contribution is 5.81. The number of hydrogen-bond donors (Lipinski definition) is 0. The number of allylic oxidation sites excluding steroid dienone is 3. The molecule has 0 heterocycles. The van der Waals surface area contributed by atoms with E-state index in [9.17, 15) is 9.59 Å². The van der Waals surface area contributed by atoms with E-state index >= 15 is 0 Å². The maximum Gasteiger partial charge on any atom is 0.330 e. The van der Waals surface area contributed by atoms with Crippen LogP contribution in [0, 0.1) is 0 Å². The van der Waals surface area contributed by atoms with Gasteiger partial charge in [-0.25, -0.2) is 9.59 Å². The van der Waals surface area contributed by atoms with Crippen molar-refractivity contribution in [2.45, 2.75) is 52.1 Å². The molecule has 1 rings (SSSR count). The Morgan fingerprint density at radius 2 is 1.50 bits per heavy atom. The smallest absolute Gasteiger partial charge is 0.330 e. The first kappa shape index (κ1) is 28.9. The van der Waals surface area contributed by atoms with Crippen LogP contribution in [-0.2, 0) is 29.2 Å². The van der Waals surface area contributed by atoms with E-state index in [4.69, 9.17) is 18.9 Å². The van der Waals surface area contributed by atoms with Gasteiger partial charge in [0.25, 0.3) is 0 Å². The van der Waals surface area contributed by atoms with E-state index in [1.54, 1.807) is 0 Å². The number of esters is 2. The summed E-state index contributed by atoms with van der Waals surface area (Å²) in [7, 11) is 0. The Balaban J connectivity index is 2.55. The number of hydrogen-bond acceptors (Lipinski definition) is 6. The normalized spacial score (nSPS) is 12.8. The van der Waals surface area contributed by atoms with Crippen molar-refractivity contribution < 1.29 is 28.5 Å². The van der Waals surface area contributed by atoms with Crippen molar-refractivity contribution in [3.05, 3.63) is 78.9 Å². The summed E-state index contributed by atoms with van der Waals surface area (Å²) in [5.41, 5.74) is 2.12. The third-order valence-corrected chi connectivity index (χ3v) is 5.20. The average Bonchev–Trinajstić information content (AvgIpc) is 2.83. The summed E-state index contributed by atoms with van der Waals surface area (Å²) in [5.74, 6) is -0.0695. The largest absolute Gasteiger partial charge is 0.493 e. The van der Waals surface area contributed by atoms with E-state index in [0.29, 0.717) is 39.3 Å². The van der Waals surface area contributed by atoms with E-state index in [1.165, 1.54) is 5.57 Å². The second-order valence-electron chi connectivity index (χ2n) is 8.13. The van der Waals surface area contributed by atoms with E-state index in [0.717, 1.165) is 23.5 Å². The maximum absolute atomic E-state index is 11.0. The van der Waals surface area contributed by atoms with Crippen molar-refractivity contribution in [1.29, 1.82) is 0 Å². The summed E-state index contributed by atoms with van der Waals surface area (Å²) < 4.78 is 21.4.